The van der Waals surface area contributed by atoms with Crippen LogP contribution < -0.4 is 10.3 Å². The number of hydrogen-bond donors (Lipinski definition) is 0. The van der Waals surface area contributed by atoms with Gasteiger partial charge >= 0.3 is 5.97 Å². The van der Waals surface area contributed by atoms with Crippen molar-refractivity contribution in [1.29, 1.82) is 0 Å². The minimum Gasteiger partial charge on any atom is -0.421 e. The van der Waals surface area contributed by atoms with Crippen LogP contribution in [-0.4, -0.2) is 15.5 Å². The lowest BCUT2D eigenvalue weighted by molar-refractivity contribution is 0.0739. The molecule has 0 aliphatic rings. The summed E-state index contributed by atoms with van der Waals surface area (Å²) >= 11 is 7.47. The Morgan fingerprint density at radius 2 is 1.89 bits per heavy atom. The molecule has 0 unspecified atom stereocenters. The summed E-state index contributed by atoms with van der Waals surface area (Å²) in [7, 11) is 1.62. The smallest absolute Gasteiger partial charge is 0.354 e. The van der Waals surface area contributed by atoms with E-state index in [0.717, 1.165) is 22.5 Å². The predicted octanol–water partition coefficient (Wildman–Crippen LogP) is 4.84. The number of thiophene rings is 1. The van der Waals surface area contributed by atoms with Gasteiger partial charge in [-0.1, -0.05) is 48.0 Å². The van der Waals surface area contributed by atoms with E-state index in [9.17, 15) is 9.59 Å². The van der Waals surface area contributed by atoms with Crippen LogP contribution in [0.1, 0.15) is 15.2 Å². The van der Waals surface area contributed by atoms with Crippen LogP contribution in [0.3, 0.4) is 0 Å². The van der Waals surface area contributed by atoms with Crippen LogP contribution in [0, 0.1) is 6.92 Å². The van der Waals surface area contributed by atoms with Gasteiger partial charge in [-0.05, 0) is 35.7 Å². The monoisotopic (exact) mass is 410 g/mol. The Bertz CT molecular complexity index is 1260. The lowest BCUT2D eigenvalue weighted by Gasteiger charge is -2.08. The Balaban J connectivity index is 1.66. The van der Waals surface area contributed by atoms with Crippen LogP contribution in [0.2, 0.25) is 5.02 Å². The van der Waals surface area contributed by atoms with Crippen LogP contribution in [0.15, 0.2) is 59.7 Å². The first-order chi connectivity index (χ1) is 13.5. The average Bonchev–Trinajstić information content (AvgIpc) is 3.04. The highest BCUT2D eigenvalue weighted by Gasteiger charge is 2.21. The number of halogens is 1. The van der Waals surface area contributed by atoms with Crippen LogP contribution in [-0.2, 0) is 7.05 Å². The molecule has 2 heterocycles. The number of esters is 1. The molecule has 0 radical (unpaired) electrons. The highest BCUT2D eigenvalue weighted by molar-refractivity contribution is 7.20. The second kappa shape index (κ2) is 7.22. The van der Waals surface area contributed by atoms with E-state index < -0.39 is 5.97 Å². The Hall–Kier alpha value is -2.96. The first-order valence-corrected chi connectivity index (χ1v) is 9.67. The number of carbonyl (C=O) groups excluding carboxylic acids is 1. The molecule has 4 rings (SSSR count). The molecule has 0 N–H and O–H groups in total. The van der Waals surface area contributed by atoms with E-state index in [0.29, 0.717) is 25.7 Å². The molecule has 7 heteroatoms. The molecule has 0 fully saturated rings. The zero-order valence-corrected chi connectivity index (χ0v) is 16.7. The normalized spacial score (nSPS) is 11.0. The third kappa shape index (κ3) is 3.21. The molecule has 2 aromatic carbocycles. The van der Waals surface area contributed by atoms with Crippen molar-refractivity contribution in [2.45, 2.75) is 6.92 Å². The van der Waals surface area contributed by atoms with Gasteiger partial charge in [-0.15, -0.1) is 11.3 Å². The average molecular weight is 411 g/mol. The van der Waals surface area contributed by atoms with Crippen LogP contribution in [0.4, 0.5) is 0 Å². The van der Waals surface area contributed by atoms with Gasteiger partial charge in [0.2, 0.25) is 0 Å². The molecule has 0 amide bonds. The van der Waals surface area contributed by atoms with Gasteiger partial charge in [0.05, 0.1) is 16.7 Å². The van der Waals surface area contributed by atoms with Crippen molar-refractivity contribution in [1.82, 2.24) is 9.55 Å². The minimum absolute atomic E-state index is 0.192. The fourth-order valence-electron chi connectivity index (χ4n) is 2.94. The summed E-state index contributed by atoms with van der Waals surface area (Å²) < 4.78 is 6.89. The Kier molecular flexibility index (Phi) is 4.75. The van der Waals surface area contributed by atoms with Crippen LogP contribution >= 0.6 is 22.9 Å². The Labute approximate surface area is 169 Å². The SMILES string of the molecule is Cc1c(C(=O)Oc2ccc(-c3ccccc3)cc2Cl)sc2ncn(C)c(=O)c12. The van der Waals surface area contributed by atoms with Gasteiger partial charge < -0.3 is 9.30 Å². The fraction of sp³-hybridized carbons (Fsp3) is 0.0952. The third-order valence-electron chi connectivity index (χ3n) is 4.44. The van der Waals surface area contributed by atoms with E-state index in [1.165, 1.54) is 10.9 Å². The fourth-order valence-corrected chi connectivity index (χ4v) is 4.18. The molecule has 28 heavy (non-hydrogen) atoms. The van der Waals surface area contributed by atoms with Gasteiger partial charge in [-0.25, -0.2) is 9.78 Å². The zero-order valence-electron chi connectivity index (χ0n) is 15.1. The zero-order chi connectivity index (χ0) is 19.8. The number of nitrogens with zero attached hydrogens (tertiary/aromatic N) is 2. The summed E-state index contributed by atoms with van der Waals surface area (Å²) in [6, 6.07) is 15.1. The first-order valence-electron chi connectivity index (χ1n) is 8.47. The summed E-state index contributed by atoms with van der Waals surface area (Å²) in [6.45, 7) is 1.72. The molecule has 0 aliphatic carbocycles. The second-order valence-corrected chi connectivity index (χ2v) is 7.70. The van der Waals surface area contributed by atoms with Crippen molar-refractivity contribution in [3.63, 3.8) is 0 Å². The number of carbonyl (C=O) groups is 1. The Morgan fingerprint density at radius 1 is 1.14 bits per heavy atom. The molecule has 0 atom stereocenters. The third-order valence-corrected chi connectivity index (χ3v) is 5.91. The van der Waals surface area contributed by atoms with E-state index in [1.807, 2.05) is 36.4 Å². The van der Waals surface area contributed by atoms with Gasteiger partial charge in [0, 0.05) is 7.05 Å². The van der Waals surface area contributed by atoms with Crippen molar-refractivity contribution in [2.75, 3.05) is 0 Å². The lowest BCUT2D eigenvalue weighted by Crippen LogP contribution is -2.17. The van der Waals surface area contributed by atoms with Crippen molar-refractivity contribution in [2.24, 2.45) is 7.05 Å². The van der Waals surface area contributed by atoms with Crippen molar-refractivity contribution in [3.8, 4) is 16.9 Å². The van der Waals surface area contributed by atoms with E-state index in [1.54, 1.807) is 26.1 Å². The molecule has 0 bridgehead atoms. The van der Waals surface area contributed by atoms with Crippen LogP contribution in [0.25, 0.3) is 21.3 Å². The highest BCUT2D eigenvalue weighted by Crippen LogP contribution is 2.33. The van der Waals surface area contributed by atoms with E-state index >= 15 is 0 Å². The topological polar surface area (TPSA) is 61.2 Å². The van der Waals surface area contributed by atoms with Crippen molar-refractivity contribution < 1.29 is 9.53 Å². The standard InChI is InChI=1S/C21H15ClN2O3S/c1-12-17-19(23-11-24(2)20(17)25)28-18(12)21(26)27-16-9-8-14(10-15(16)22)13-6-4-3-5-7-13/h3-11H,1-2H3. The molecule has 0 saturated carbocycles. The van der Waals surface area contributed by atoms with Gasteiger partial charge in [0.15, 0.2) is 0 Å². The number of rotatable bonds is 3. The molecule has 0 aliphatic heterocycles. The highest BCUT2D eigenvalue weighted by atomic mass is 35.5. The van der Waals surface area contributed by atoms with E-state index in [4.69, 9.17) is 16.3 Å². The molecule has 5 nitrogen and oxygen atoms in total. The van der Waals surface area contributed by atoms with Gasteiger partial charge in [0.25, 0.3) is 5.56 Å². The van der Waals surface area contributed by atoms with E-state index in [2.05, 4.69) is 4.98 Å². The van der Waals surface area contributed by atoms with Crippen LogP contribution in [0.5, 0.6) is 5.75 Å². The van der Waals surface area contributed by atoms with Gasteiger partial charge in [-0.2, -0.15) is 0 Å². The number of aromatic nitrogens is 2. The maximum atomic E-state index is 12.7. The lowest BCUT2D eigenvalue weighted by atomic mass is 10.1. The number of benzene rings is 2. The van der Waals surface area contributed by atoms with Crippen molar-refractivity contribution in [3.05, 3.63) is 80.7 Å². The summed E-state index contributed by atoms with van der Waals surface area (Å²) in [5, 5.41) is 0.773. The molecular weight excluding hydrogens is 396 g/mol. The summed E-state index contributed by atoms with van der Waals surface area (Å²) in [5.41, 5.74) is 2.32. The van der Waals surface area contributed by atoms with Crippen molar-refractivity contribution >= 4 is 39.1 Å². The number of fused-ring (bicyclic) bond motifs is 1. The molecule has 140 valence electrons. The Morgan fingerprint density at radius 3 is 2.61 bits per heavy atom. The van der Waals surface area contributed by atoms with Gasteiger partial charge in [0.1, 0.15) is 15.5 Å². The molecule has 0 spiro atoms. The maximum absolute atomic E-state index is 12.7. The molecule has 2 aromatic heterocycles. The molecule has 4 aromatic rings. The van der Waals surface area contributed by atoms with E-state index in [-0.39, 0.29) is 11.3 Å². The number of ether oxygens (including phenoxy) is 1. The quantitative estimate of drug-likeness (QED) is 0.358. The maximum Gasteiger partial charge on any atom is 0.354 e. The second-order valence-electron chi connectivity index (χ2n) is 6.30. The summed E-state index contributed by atoms with van der Waals surface area (Å²) in [6.07, 6.45) is 1.44. The van der Waals surface area contributed by atoms with Gasteiger partial charge in [-0.3, -0.25) is 4.79 Å². The predicted molar refractivity (Wildman–Crippen MR) is 111 cm³/mol. The largest absolute Gasteiger partial charge is 0.421 e. The molecular formula is C21H15ClN2O3S. The summed E-state index contributed by atoms with van der Waals surface area (Å²) in [4.78, 5) is 30.1. The minimum atomic E-state index is -0.558. The number of aryl methyl sites for hydroxylation is 2. The number of hydrogen-bond acceptors (Lipinski definition) is 5. The summed E-state index contributed by atoms with van der Waals surface area (Å²) in [5.74, 6) is -0.291. The first kappa shape index (κ1) is 18.4. The molecule has 0 saturated heterocycles.